The van der Waals surface area contributed by atoms with Gasteiger partial charge >= 0.3 is 0 Å². The number of fused-ring (bicyclic) bond motifs is 3. The maximum absolute atomic E-state index is 15.3. The first-order valence-electron chi connectivity index (χ1n) is 27.2. The van der Waals surface area contributed by atoms with Crippen molar-refractivity contribution < 1.29 is 28.4 Å². The summed E-state index contributed by atoms with van der Waals surface area (Å²) in [6, 6.07) is 19.3. The van der Waals surface area contributed by atoms with E-state index in [4.69, 9.17) is 9.97 Å². The van der Waals surface area contributed by atoms with Crippen LogP contribution in [0.5, 0.6) is 0 Å². The van der Waals surface area contributed by atoms with Crippen LogP contribution in [-0.2, 0) is 29.4 Å². The third-order valence-electron chi connectivity index (χ3n) is 17.7. The number of carbonyl (C=O) groups excluding carboxylic acids is 5. The number of hydrogen-bond acceptors (Lipinski definition) is 11. The zero-order chi connectivity index (χ0) is 50.8. The molecule has 12 rings (SSSR count). The van der Waals surface area contributed by atoms with Crippen molar-refractivity contribution in [1.29, 1.82) is 0 Å². The number of imide groups is 1. The largest absolute Gasteiger partial charge is 0.357 e. The monoisotopic (exact) mass is 1000 g/mol. The van der Waals surface area contributed by atoms with Gasteiger partial charge in [-0.1, -0.05) is 36.8 Å². The number of aromatic nitrogens is 4. The molecule has 16 nitrogen and oxygen atoms in total. The molecule has 74 heavy (non-hydrogen) atoms. The highest BCUT2D eigenvalue weighted by atomic mass is 19.1. The number of benzene rings is 2. The average molecular weight is 1000 g/mol. The van der Waals surface area contributed by atoms with Gasteiger partial charge in [-0.05, 0) is 133 Å². The van der Waals surface area contributed by atoms with Gasteiger partial charge in [0.2, 0.25) is 29.5 Å². The third kappa shape index (κ3) is 8.67. The van der Waals surface area contributed by atoms with Crippen molar-refractivity contribution in [3.8, 4) is 11.3 Å². The summed E-state index contributed by atoms with van der Waals surface area (Å²) in [6.07, 6.45) is 12.9. The zero-order valence-corrected chi connectivity index (χ0v) is 42.5. The second kappa shape index (κ2) is 19.5. The van der Waals surface area contributed by atoms with Crippen molar-refractivity contribution in [2.45, 2.75) is 120 Å². The summed E-state index contributed by atoms with van der Waals surface area (Å²) in [5.41, 5.74) is 5.31. The normalized spacial score (nSPS) is 24.5. The van der Waals surface area contributed by atoms with Crippen LogP contribution in [0.4, 0.5) is 27.4 Å². The van der Waals surface area contributed by atoms with Crippen molar-refractivity contribution >= 4 is 63.6 Å². The van der Waals surface area contributed by atoms with Gasteiger partial charge in [0.1, 0.15) is 17.2 Å². The molecule has 0 bridgehead atoms. The van der Waals surface area contributed by atoms with Gasteiger partial charge in [-0.2, -0.15) is 0 Å². The van der Waals surface area contributed by atoms with E-state index in [0.717, 1.165) is 65.2 Å². The summed E-state index contributed by atoms with van der Waals surface area (Å²) in [5.74, 6) is -0.0659. The lowest BCUT2D eigenvalue weighted by molar-refractivity contribution is -0.140. The molecule has 9 heterocycles. The lowest BCUT2D eigenvalue weighted by Gasteiger charge is -2.48. The fraction of sp³-hybridized carbons (Fsp3) is 0.509. The van der Waals surface area contributed by atoms with Crippen LogP contribution >= 0.6 is 0 Å². The van der Waals surface area contributed by atoms with Crippen molar-refractivity contribution in [2.24, 2.45) is 11.8 Å². The first-order chi connectivity index (χ1) is 35.9. The van der Waals surface area contributed by atoms with E-state index in [1.54, 1.807) is 30.7 Å². The van der Waals surface area contributed by atoms with Crippen LogP contribution in [0.3, 0.4) is 0 Å². The van der Waals surface area contributed by atoms with E-state index in [1.807, 2.05) is 32.6 Å². The van der Waals surface area contributed by atoms with E-state index in [9.17, 15) is 19.2 Å². The Balaban J connectivity index is 0.729. The van der Waals surface area contributed by atoms with Crippen molar-refractivity contribution in [3.63, 3.8) is 0 Å². The third-order valence-corrected chi connectivity index (χ3v) is 17.7. The lowest BCUT2D eigenvalue weighted by Crippen LogP contribution is -2.58. The molecular weight excluding hydrogens is 938 g/mol. The second-order valence-electron chi connectivity index (χ2n) is 22.2. The molecular formula is C57H66FN11O5. The van der Waals surface area contributed by atoms with E-state index >= 15 is 9.18 Å². The summed E-state index contributed by atoms with van der Waals surface area (Å²) < 4.78 is 17.1. The number of para-hydroxylation sites is 1. The number of pyridine rings is 2. The van der Waals surface area contributed by atoms with Gasteiger partial charge in [0, 0.05) is 87.2 Å². The molecule has 1 aliphatic carbocycles. The molecule has 5 amide bonds. The van der Waals surface area contributed by atoms with Crippen LogP contribution in [-0.4, -0.2) is 128 Å². The number of rotatable bonds is 10. The quantitative estimate of drug-likeness (QED) is 0.133. The Morgan fingerprint density at radius 2 is 1.55 bits per heavy atom. The van der Waals surface area contributed by atoms with Gasteiger partial charge in [0.15, 0.2) is 5.82 Å². The molecule has 2 aromatic carbocycles. The Morgan fingerprint density at radius 1 is 0.797 bits per heavy atom. The number of amides is 5. The maximum atomic E-state index is 15.3. The first kappa shape index (κ1) is 48.2. The van der Waals surface area contributed by atoms with E-state index in [-0.39, 0.29) is 65.2 Å². The average Bonchev–Trinajstić information content (AvgIpc) is 4.14. The molecule has 17 heteroatoms. The number of nitrogens with one attached hydrogen (secondary N) is 2. The first-order valence-corrected chi connectivity index (χ1v) is 27.2. The molecule has 1 unspecified atom stereocenters. The summed E-state index contributed by atoms with van der Waals surface area (Å²) in [4.78, 5) is 92.9. The van der Waals surface area contributed by atoms with Crippen molar-refractivity contribution in [1.82, 2.24) is 39.5 Å². The summed E-state index contributed by atoms with van der Waals surface area (Å²) in [6.45, 7) is 9.64. The van der Waals surface area contributed by atoms with E-state index in [2.05, 4.69) is 62.4 Å². The molecule has 6 fully saturated rings. The SMILES string of the molecule is CC(C)n1cnc2cc(-c3ccc4c(c3)N([C@H]3C[C@@H](N5CCCCC5)C3)C(=O)C43CCN(C(=O)[C@H]4CCN(C(=O)C5CCN(c6ccc(C7CCC(=O)NC7=O)cn6)CC5)C4)CC3)nc(Nc3ccccc3F)c21. The Kier molecular flexibility index (Phi) is 12.7. The number of anilines is 4. The van der Waals surface area contributed by atoms with Crippen molar-refractivity contribution in [3.05, 3.63) is 90.1 Å². The van der Waals surface area contributed by atoms with Gasteiger partial charge in [-0.3, -0.25) is 29.3 Å². The highest BCUT2D eigenvalue weighted by Crippen LogP contribution is 2.52. The van der Waals surface area contributed by atoms with Crippen LogP contribution in [0.15, 0.2) is 73.2 Å². The molecule has 2 N–H and O–H groups in total. The van der Waals surface area contributed by atoms with E-state index in [1.165, 1.54) is 25.3 Å². The minimum absolute atomic E-state index is 0.0687. The number of carbonyl (C=O) groups is 5. The predicted octanol–water partition coefficient (Wildman–Crippen LogP) is 7.47. The molecule has 386 valence electrons. The standard InChI is InChI=1S/C57H66FN11O5/c1-35(2)68-34-60-47-31-46(62-52(51(47)68)61-45-9-5-4-8-44(45)58)37-10-13-43-48(28-37)69(41-29-40(30-41)64-21-6-3-7-22-64)56(74)57(43)19-26-66(27-20-57)55(73)39-18-25-67(33-39)54(72)36-16-23-65(24-17-36)49-14-11-38(32-59-49)42-12-15-50(70)63-53(42)71/h4-5,8-11,13-14,28,31-32,34-36,39-42H,3,6-7,12,15-27,29-30,33H2,1-2H3,(H,61,62)(H,63,70,71)/t39-,40-,41+,42?/m0/s1. The van der Waals surface area contributed by atoms with Gasteiger partial charge in [0.25, 0.3) is 0 Å². The minimum atomic E-state index is -0.760. The lowest BCUT2D eigenvalue weighted by atomic mass is 9.73. The summed E-state index contributed by atoms with van der Waals surface area (Å²) >= 11 is 0. The van der Waals surface area contributed by atoms with Gasteiger partial charge < -0.3 is 34.4 Å². The second-order valence-corrected chi connectivity index (χ2v) is 22.2. The van der Waals surface area contributed by atoms with E-state index < -0.39 is 5.41 Å². The minimum Gasteiger partial charge on any atom is -0.357 e. The van der Waals surface area contributed by atoms with Crippen molar-refractivity contribution in [2.75, 3.05) is 67.5 Å². The number of likely N-dealkylation sites (tertiary alicyclic amines) is 3. The Bertz CT molecular complexity index is 3000. The zero-order valence-electron chi connectivity index (χ0n) is 42.5. The number of nitrogens with zero attached hydrogens (tertiary/aromatic N) is 9. The Labute approximate surface area is 431 Å². The molecule has 0 radical (unpaired) electrons. The van der Waals surface area contributed by atoms with Crippen LogP contribution in [0, 0.1) is 17.7 Å². The van der Waals surface area contributed by atoms with Gasteiger partial charge in [0.05, 0.1) is 40.5 Å². The van der Waals surface area contributed by atoms with Crippen LogP contribution in [0.2, 0.25) is 0 Å². The molecule has 1 saturated carbocycles. The van der Waals surface area contributed by atoms with E-state index in [0.29, 0.717) is 107 Å². The Morgan fingerprint density at radius 3 is 2.28 bits per heavy atom. The molecule has 6 aliphatic heterocycles. The number of imidazole rings is 1. The highest BCUT2D eigenvalue weighted by molar-refractivity contribution is 6.09. The van der Waals surface area contributed by atoms with Gasteiger partial charge in [-0.25, -0.2) is 19.3 Å². The molecule has 5 aromatic rings. The predicted molar refractivity (Wildman–Crippen MR) is 279 cm³/mol. The van der Waals surface area contributed by atoms with Crippen LogP contribution in [0.25, 0.3) is 22.3 Å². The molecule has 2 atom stereocenters. The highest BCUT2D eigenvalue weighted by Gasteiger charge is 2.56. The van der Waals surface area contributed by atoms with Crippen LogP contribution in [0.1, 0.15) is 114 Å². The molecule has 7 aliphatic rings. The molecule has 1 spiro atoms. The van der Waals surface area contributed by atoms with Gasteiger partial charge in [-0.15, -0.1) is 0 Å². The fourth-order valence-corrected chi connectivity index (χ4v) is 13.3. The summed E-state index contributed by atoms with van der Waals surface area (Å²) in [7, 11) is 0. The molecule has 5 saturated heterocycles. The molecule has 3 aromatic heterocycles. The Hall–Kier alpha value is -6.75. The smallest absolute Gasteiger partial charge is 0.238 e. The van der Waals surface area contributed by atoms with Crippen LogP contribution < -0.4 is 20.4 Å². The number of piperidine rings is 4. The number of hydrogen-bond donors (Lipinski definition) is 2. The maximum Gasteiger partial charge on any atom is 0.238 e. The fourth-order valence-electron chi connectivity index (χ4n) is 13.3. The topological polar surface area (TPSA) is 169 Å². The summed E-state index contributed by atoms with van der Waals surface area (Å²) in [5, 5.41) is 5.70. The number of halogens is 1.